The summed E-state index contributed by atoms with van der Waals surface area (Å²) in [6.45, 7) is 2.43. The van der Waals surface area contributed by atoms with Gasteiger partial charge in [-0.3, -0.25) is 15.6 Å². The lowest BCUT2D eigenvalue weighted by Gasteiger charge is -2.15. The first-order chi connectivity index (χ1) is 10.0. The summed E-state index contributed by atoms with van der Waals surface area (Å²) in [6, 6.07) is 7.29. The minimum Gasteiger partial charge on any atom is -0.383 e. The van der Waals surface area contributed by atoms with Crippen molar-refractivity contribution in [2.75, 3.05) is 13.7 Å². The largest absolute Gasteiger partial charge is 0.383 e. The molecule has 0 spiro atoms. The quantitative estimate of drug-likeness (QED) is 0.438. The van der Waals surface area contributed by atoms with Gasteiger partial charge in [-0.05, 0) is 36.8 Å². The molecule has 1 aromatic rings. The minimum atomic E-state index is -0.335. The smallest absolute Gasteiger partial charge is 0.262 e. The van der Waals surface area contributed by atoms with Gasteiger partial charge in [0.2, 0.25) is 0 Å². The highest BCUT2D eigenvalue weighted by Crippen LogP contribution is 2.15. The molecule has 0 aliphatic rings. The minimum absolute atomic E-state index is 0.0468. The molecule has 0 saturated heterocycles. The van der Waals surface area contributed by atoms with E-state index in [-0.39, 0.29) is 11.9 Å². The van der Waals surface area contributed by atoms with E-state index in [1.165, 1.54) is 6.08 Å². The molecule has 0 fully saturated rings. The standard InChI is InChI=1S/C14H18ClN3O2S/c1-10(9-20-2)16-14(21)18-17-13(19)8-7-11-5-3-4-6-12(11)15/h3-8,10H,9H2,1-2H3,(H,17,19)(H2,16,18,21)/b8-7+/t10-/m1/s1. The van der Waals surface area contributed by atoms with Gasteiger partial charge in [-0.2, -0.15) is 0 Å². The van der Waals surface area contributed by atoms with Crippen molar-refractivity contribution in [1.82, 2.24) is 16.2 Å². The third-order valence-electron chi connectivity index (χ3n) is 2.41. The third-order valence-corrected chi connectivity index (χ3v) is 2.98. The number of halogens is 1. The molecule has 1 aromatic carbocycles. The average molecular weight is 328 g/mol. The zero-order chi connectivity index (χ0) is 15.7. The molecular weight excluding hydrogens is 310 g/mol. The first kappa shape index (κ1) is 17.4. The normalized spacial score (nSPS) is 12.0. The van der Waals surface area contributed by atoms with Crippen LogP contribution >= 0.6 is 23.8 Å². The van der Waals surface area contributed by atoms with Crippen LogP contribution in [0.25, 0.3) is 6.08 Å². The molecule has 0 aliphatic carbocycles. The Labute approximate surface area is 134 Å². The second-order valence-corrected chi connectivity index (χ2v) is 5.11. The molecule has 1 atom stereocenters. The van der Waals surface area contributed by atoms with Crippen LogP contribution in [0.5, 0.6) is 0 Å². The number of hydrazine groups is 1. The Balaban J connectivity index is 2.37. The van der Waals surface area contributed by atoms with E-state index in [2.05, 4.69) is 16.2 Å². The third kappa shape index (κ3) is 7.08. The Kier molecular flexibility index (Phi) is 7.74. The molecule has 21 heavy (non-hydrogen) atoms. The number of hydrogen-bond donors (Lipinski definition) is 3. The lowest BCUT2D eigenvalue weighted by atomic mass is 10.2. The molecule has 0 radical (unpaired) electrons. The van der Waals surface area contributed by atoms with Crippen molar-refractivity contribution in [1.29, 1.82) is 0 Å². The summed E-state index contributed by atoms with van der Waals surface area (Å²) in [5, 5.41) is 3.86. The first-order valence-electron chi connectivity index (χ1n) is 6.31. The number of ether oxygens (including phenoxy) is 1. The van der Waals surface area contributed by atoms with Gasteiger partial charge in [0.25, 0.3) is 5.91 Å². The summed E-state index contributed by atoms with van der Waals surface area (Å²) in [7, 11) is 1.61. The fraction of sp³-hybridized carbons (Fsp3) is 0.286. The van der Waals surface area contributed by atoms with Crippen LogP contribution in [0.3, 0.4) is 0 Å². The van der Waals surface area contributed by atoms with Crippen LogP contribution in [0.1, 0.15) is 12.5 Å². The van der Waals surface area contributed by atoms with E-state index in [9.17, 15) is 4.79 Å². The van der Waals surface area contributed by atoms with Gasteiger partial charge >= 0.3 is 0 Å². The van der Waals surface area contributed by atoms with Gasteiger partial charge in [-0.15, -0.1) is 0 Å². The second-order valence-electron chi connectivity index (χ2n) is 4.30. The summed E-state index contributed by atoms with van der Waals surface area (Å²) in [4.78, 5) is 11.6. The van der Waals surface area contributed by atoms with Crippen molar-refractivity contribution in [3.8, 4) is 0 Å². The molecule has 1 amide bonds. The van der Waals surface area contributed by atoms with Crippen LogP contribution < -0.4 is 16.2 Å². The van der Waals surface area contributed by atoms with Crippen LogP contribution in [0.4, 0.5) is 0 Å². The summed E-state index contributed by atoms with van der Waals surface area (Å²) in [5.74, 6) is -0.335. The second kappa shape index (κ2) is 9.33. The number of hydrogen-bond acceptors (Lipinski definition) is 3. The summed E-state index contributed by atoms with van der Waals surface area (Å²) in [6.07, 6.45) is 3.00. The number of rotatable bonds is 5. The number of benzene rings is 1. The lowest BCUT2D eigenvalue weighted by Crippen LogP contribution is -2.49. The van der Waals surface area contributed by atoms with Crippen molar-refractivity contribution in [3.05, 3.63) is 40.9 Å². The molecule has 0 bridgehead atoms. The number of methoxy groups -OCH3 is 1. The van der Waals surface area contributed by atoms with Gasteiger partial charge in [-0.25, -0.2) is 0 Å². The average Bonchev–Trinajstić information content (AvgIpc) is 2.44. The van der Waals surface area contributed by atoms with E-state index < -0.39 is 0 Å². The van der Waals surface area contributed by atoms with E-state index in [1.807, 2.05) is 25.1 Å². The maximum atomic E-state index is 11.6. The van der Waals surface area contributed by atoms with Gasteiger partial charge in [-0.1, -0.05) is 29.8 Å². The van der Waals surface area contributed by atoms with Crippen LogP contribution in [0.15, 0.2) is 30.3 Å². The Bertz CT molecular complexity index is 523. The molecule has 114 valence electrons. The zero-order valence-electron chi connectivity index (χ0n) is 11.9. The Hall–Kier alpha value is -1.63. The van der Waals surface area contributed by atoms with E-state index in [4.69, 9.17) is 28.6 Å². The molecule has 0 heterocycles. The molecule has 3 N–H and O–H groups in total. The Morgan fingerprint density at radius 1 is 1.43 bits per heavy atom. The monoisotopic (exact) mass is 327 g/mol. The number of nitrogens with one attached hydrogen (secondary N) is 3. The molecule has 0 aromatic heterocycles. The maximum absolute atomic E-state index is 11.6. The molecule has 7 heteroatoms. The molecular formula is C14H18ClN3O2S. The van der Waals surface area contributed by atoms with Crippen LogP contribution in [0.2, 0.25) is 5.02 Å². The highest BCUT2D eigenvalue weighted by Gasteiger charge is 2.03. The fourth-order valence-corrected chi connectivity index (χ4v) is 1.94. The maximum Gasteiger partial charge on any atom is 0.262 e. The lowest BCUT2D eigenvalue weighted by molar-refractivity contribution is -0.116. The van der Waals surface area contributed by atoms with Crippen LogP contribution in [-0.2, 0) is 9.53 Å². The predicted octanol–water partition coefficient (Wildman–Crippen LogP) is 1.88. The van der Waals surface area contributed by atoms with E-state index >= 15 is 0 Å². The molecule has 0 unspecified atom stereocenters. The highest BCUT2D eigenvalue weighted by molar-refractivity contribution is 7.80. The summed E-state index contributed by atoms with van der Waals surface area (Å²) >= 11 is 11.0. The van der Waals surface area contributed by atoms with E-state index in [0.717, 1.165) is 5.56 Å². The summed E-state index contributed by atoms with van der Waals surface area (Å²) < 4.78 is 4.97. The summed E-state index contributed by atoms with van der Waals surface area (Å²) in [5.41, 5.74) is 5.83. The van der Waals surface area contributed by atoms with Crippen molar-refractivity contribution < 1.29 is 9.53 Å². The van der Waals surface area contributed by atoms with Gasteiger partial charge in [0.05, 0.1) is 6.61 Å². The first-order valence-corrected chi connectivity index (χ1v) is 7.09. The molecule has 0 saturated carbocycles. The van der Waals surface area contributed by atoms with Crippen LogP contribution in [-0.4, -0.2) is 30.8 Å². The van der Waals surface area contributed by atoms with Crippen molar-refractivity contribution in [2.45, 2.75) is 13.0 Å². The van der Waals surface area contributed by atoms with Gasteiger partial charge in [0, 0.05) is 24.3 Å². The molecule has 5 nitrogen and oxygen atoms in total. The van der Waals surface area contributed by atoms with Gasteiger partial charge in [0.1, 0.15) is 0 Å². The molecule has 1 rings (SSSR count). The van der Waals surface area contributed by atoms with Crippen molar-refractivity contribution in [2.24, 2.45) is 0 Å². The van der Waals surface area contributed by atoms with Crippen LogP contribution in [0, 0.1) is 0 Å². The van der Waals surface area contributed by atoms with Gasteiger partial charge in [0.15, 0.2) is 5.11 Å². The van der Waals surface area contributed by atoms with Crippen molar-refractivity contribution >= 4 is 40.9 Å². The topological polar surface area (TPSA) is 62.4 Å². The fourth-order valence-electron chi connectivity index (χ4n) is 1.49. The predicted molar refractivity (Wildman–Crippen MR) is 88.8 cm³/mol. The van der Waals surface area contributed by atoms with E-state index in [1.54, 1.807) is 19.3 Å². The van der Waals surface area contributed by atoms with E-state index in [0.29, 0.717) is 16.7 Å². The van der Waals surface area contributed by atoms with Gasteiger partial charge < -0.3 is 10.1 Å². The molecule has 0 aliphatic heterocycles. The number of carbonyl (C=O) groups excluding carboxylic acids is 1. The SMILES string of the molecule is COC[C@@H](C)NC(=S)NNC(=O)/C=C/c1ccccc1Cl. The van der Waals surface area contributed by atoms with Crippen molar-refractivity contribution in [3.63, 3.8) is 0 Å². The number of thiocarbonyl (C=S) groups is 1. The zero-order valence-corrected chi connectivity index (χ0v) is 13.4. The highest BCUT2D eigenvalue weighted by atomic mass is 35.5. The Morgan fingerprint density at radius 2 is 2.14 bits per heavy atom. The Morgan fingerprint density at radius 3 is 2.81 bits per heavy atom. The number of carbonyl (C=O) groups is 1. The number of amides is 1.